The van der Waals surface area contributed by atoms with Gasteiger partial charge in [-0.25, -0.2) is 0 Å². The Morgan fingerprint density at radius 2 is 2.25 bits per heavy atom. The summed E-state index contributed by atoms with van der Waals surface area (Å²) in [6.45, 7) is 0.744. The molecule has 0 saturated carbocycles. The lowest BCUT2D eigenvalue weighted by molar-refractivity contribution is -0.118. The highest BCUT2D eigenvalue weighted by atomic mass is 16.5. The zero-order chi connectivity index (χ0) is 11.5. The van der Waals surface area contributed by atoms with Crippen molar-refractivity contribution in [3.8, 4) is 5.75 Å². The van der Waals surface area contributed by atoms with E-state index in [-0.39, 0.29) is 5.91 Å². The van der Waals surface area contributed by atoms with Crippen molar-refractivity contribution in [3.05, 3.63) is 23.8 Å². The van der Waals surface area contributed by atoms with E-state index in [1.807, 2.05) is 25.2 Å². The van der Waals surface area contributed by atoms with Gasteiger partial charge in [0, 0.05) is 19.2 Å². The molecule has 0 atom stereocenters. The smallest absolute Gasteiger partial charge is 0.227 e. The summed E-state index contributed by atoms with van der Waals surface area (Å²) < 4.78 is 5.58. The molecular formula is C12H16BNO2. The molecule has 0 aromatic heterocycles. The molecule has 0 saturated heterocycles. The molecule has 1 amide bonds. The second kappa shape index (κ2) is 4.60. The second-order valence-electron chi connectivity index (χ2n) is 4.09. The van der Waals surface area contributed by atoms with Crippen LogP contribution in [0.4, 0.5) is 5.69 Å². The maximum absolute atomic E-state index is 11.5. The molecule has 1 aliphatic heterocycles. The maximum atomic E-state index is 11.5. The van der Waals surface area contributed by atoms with Crippen molar-refractivity contribution in [2.24, 2.45) is 0 Å². The van der Waals surface area contributed by atoms with Gasteiger partial charge in [0.25, 0.3) is 0 Å². The fraction of sp³-hybridized carbons (Fsp3) is 0.417. The van der Waals surface area contributed by atoms with Crippen LogP contribution < -0.4 is 9.64 Å². The summed E-state index contributed by atoms with van der Waals surface area (Å²) in [6, 6.07) is 5.95. The topological polar surface area (TPSA) is 29.5 Å². The van der Waals surface area contributed by atoms with E-state index in [1.54, 1.807) is 4.90 Å². The van der Waals surface area contributed by atoms with Crippen LogP contribution in [-0.4, -0.2) is 27.4 Å². The average Bonchev–Trinajstić information content (AvgIpc) is 2.31. The molecule has 0 fully saturated rings. The van der Waals surface area contributed by atoms with E-state index >= 15 is 0 Å². The Labute approximate surface area is 96.8 Å². The third kappa shape index (κ3) is 2.06. The number of carbonyl (C=O) groups excluding carboxylic acids is 1. The molecule has 1 aromatic carbocycles. The van der Waals surface area contributed by atoms with Gasteiger partial charge in [-0.15, -0.1) is 0 Å². The third-order valence-electron chi connectivity index (χ3n) is 2.87. The standard InChI is InChI=1S/C12H16BNO2/c1-14-11-4-3-10(16-7-6-13)8-9(11)2-5-12(14)15/h3-4,8H,2,5-7,13H2,1H3. The van der Waals surface area contributed by atoms with E-state index in [9.17, 15) is 4.79 Å². The molecule has 16 heavy (non-hydrogen) atoms. The molecule has 4 heteroatoms. The number of anilines is 1. The van der Waals surface area contributed by atoms with Gasteiger partial charge >= 0.3 is 0 Å². The van der Waals surface area contributed by atoms with Crippen molar-refractivity contribution >= 4 is 19.4 Å². The van der Waals surface area contributed by atoms with Gasteiger partial charge in [-0.2, -0.15) is 0 Å². The summed E-state index contributed by atoms with van der Waals surface area (Å²) in [7, 11) is 3.91. The first-order valence-electron chi connectivity index (χ1n) is 5.74. The van der Waals surface area contributed by atoms with Crippen LogP contribution >= 0.6 is 0 Å². The monoisotopic (exact) mass is 217 g/mol. The Morgan fingerprint density at radius 1 is 1.44 bits per heavy atom. The minimum atomic E-state index is 0.190. The minimum absolute atomic E-state index is 0.190. The van der Waals surface area contributed by atoms with Crippen molar-refractivity contribution in [3.63, 3.8) is 0 Å². The number of rotatable bonds is 3. The van der Waals surface area contributed by atoms with E-state index in [2.05, 4.69) is 7.85 Å². The number of benzene rings is 1. The van der Waals surface area contributed by atoms with Crippen LogP contribution in [0, 0.1) is 0 Å². The molecule has 0 unspecified atom stereocenters. The molecule has 1 aromatic rings. The molecule has 0 bridgehead atoms. The zero-order valence-corrected chi connectivity index (χ0v) is 9.82. The molecule has 3 nitrogen and oxygen atoms in total. The van der Waals surface area contributed by atoms with E-state index in [4.69, 9.17) is 4.74 Å². The molecule has 0 radical (unpaired) electrons. The molecule has 1 heterocycles. The van der Waals surface area contributed by atoms with Gasteiger partial charge in [-0.3, -0.25) is 4.79 Å². The summed E-state index contributed by atoms with van der Waals surface area (Å²) in [4.78, 5) is 13.2. The molecular weight excluding hydrogens is 201 g/mol. The van der Waals surface area contributed by atoms with Crippen molar-refractivity contribution < 1.29 is 9.53 Å². The van der Waals surface area contributed by atoms with Gasteiger partial charge in [-0.05, 0) is 36.5 Å². The Kier molecular flexibility index (Phi) is 3.18. The average molecular weight is 217 g/mol. The SMILES string of the molecule is BCCOc1ccc2c(c1)CCC(=O)N2C. The predicted molar refractivity (Wildman–Crippen MR) is 67.0 cm³/mol. The highest BCUT2D eigenvalue weighted by Gasteiger charge is 2.20. The Hall–Kier alpha value is -1.45. The Bertz CT molecular complexity index is 406. The van der Waals surface area contributed by atoms with E-state index in [0.29, 0.717) is 6.42 Å². The van der Waals surface area contributed by atoms with Crippen LogP contribution in [0.25, 0.3) is 0 Å². The highest BCUT2D eigenvalue weighted by Crippen LogP contribution is 2.30. The highest BCUT2D eigenvalue weighted by molar-refractivity contribution is 6.08. The summed E-state index contributed by atoms with van der Waals surface area (Å²) in [5, 5.41) is 0. The zero-order valence-electron chi connectivity index (χ0n) is 9.82. The number of nitrogens with zero attached hydrogens (tertiary/aromatic N) is 1. The summed E-state index contributed by atoms with van der Waals surface area (Å²) in [6.07, 6.45) is 2.43. The van der Waals surface area contributed by atoms with Crippen LogP contribution in [0.5, 0.6) is 5.75 Å². The molecule has 84 valence electrons. The second-order valence-corrected chi connectivity index (χ2v) is 4.09. The first-order chi connectivity index (χ1) is 7.72. The van der Waals surface area contributed by atoms with Gasteiger partial charge in [0.2, 0.25) is 5.91 Å². The number of carbonyl (C=O) groups is 1. The van der Waals surface area contributed by atoms with Crippen LogP contribution in [0.2, 0.25) is 6.32 Å². The lowest BCUT2D eigenvalue weighted by Gasteiger charge is -2.26. The normalized spacial score (nSPS) is 14.8. The largest absolute Gasteiger partial charge is 0.494 e. The first-order valence-corrected chi connectivity index (χ1v) is 5.74. The minimum Gasteiger partial charge on any atom is -0.494 e. The lowest BCUT2D eigenvalue weighted by atomic mass is 10.0. The van der Waals surface area contributed by atoms with Crippen molar-refractivity contribution in [2.75, 3.05) is 18.6 Å². The van der Waals surface area contributed by atoms with Gasteiger partial charge in [0.05, 0.1) is 6.61 Å². The van der Waals surface area contributed by atoms with Crippen LogP contribution in [0.1, 0.15) is 12.0 Å². The van der Waals surface area contributed by atoms with Crippen molar-refractivity contribution in [1.29, 1.82) is 0 Å². The van der Waals surface area contributed by atoms with Crippen LogP contribution in [0.3, 0.4) is 0 Å². The number of amides is 1. The van der Waals surface area contributed by atoms with Crippen LogP contribution in [-0.2, 0) is 11.2 Å². The van der Waals surface area contributed by atoms with Gasteiger partial charge in [0.1, 0.15) is 13.6 Å². The maximum Gasteiger partial charge on any atom is 0.227 e. The fourth-order valence-electron chi connectivity index (χ4n) is 1.94. The number of aryl methyl sites for hydroxylation is 1. The summed E-state index contributed by atoms with van der Waals surface area (Å²) in [5.74, 6) is 1.10. The number of hydrogen-bond donors (Lipinski definition) is 0. The quantitative estimate of drug-likeness (QED) is 0.707. The van der Waals surface area contributed by atoms with E-state index in [1.165, 1.54) is 5.56 Å². The number of hydrogen-bond acceptors (Lipinski definition) is 2. The van der Waals surface area contributed by atoms with Crippen molar-refractivity contribution in [2.45, 2.75) is 19.2 Å². The third-order valence-corrected chi connectivity index (χ3v) is 2.87. The summed E-state index contributed by atoms with van der Waals surface area (Å²) in [5.41, 5.74) is 2.22. The Balaban J connectivity index is 2.23. The molecule has 2 rings (SSSR count). The van der Waals surface area contributed by atoms with E-state index in [0.717, 1.165) is 30.8 Å². The van der Waals surface area contributed by atoms with Crippen molar-refractivity contribution in [1.82, 2.24) is 0 Å². The molecule has 0 aliphatic carbocycles. The van der Waals surface area contributed by atoms with E-state index < -0.39 is 0 Å². The number of ether oxygens (including phenoxy) is 1. The predicted octanol–water partition coefficient (Wildman–Crippen LogP) is 1.03. The lowest BCUT2D eigenvalue weighted by Crippen LogP contribution is -2.30. The molecule has 1 aliphatic rings. The van der Waals surface area contributed by atoms with Gasteiger partial charge < -0.3 is 9.64 Å². The fourth-order valence-corrected chi connectivity index (χ4v) is 1.94. The molecule has 0 N–H and O–H groups in total. The van der Waals surface area contributed by atoms with Gasteiger partial charge in [0.15, 0.2) is 0 Å². The number of fused-ring (bicyclic) bond motifs is 1. The molecule has 0 spiro atoms. The first kappa shape index (κ1) is 11.1. The Morgan fingerprint density at radius 3 is 3.00 bits per heavy atom. The van der Waals surface area contributed by atoms with Gasteiger partial charge in [-0.1, -0.05) is 0 Å². The summed E-state index contributed by atoms with van der Waals surface area (Å²) >= 11 is 0. The van der Waals surface area contributed by atoms with Crippen LogP contribution in [0.15, 0.2) is 18.2 Å².